The number of amides is 2. The fourth-order valence-corrected chi connectivity index (χ4v) is 3.11. The zero-order valence-corrected chi connectivity index (χ0v) is 17.8. The molecule has 170 valence electrons. The van der Waals surface area contributed by atoms with Crippen molar-refractivity contribution in [3.8, 4) is 17.1 Å². The molecule has 0 aliphatic carbocycles. The van der Waals surface area contributed by atoms with Gasteiger partial charge in [-0.1, -0.05) is 23.7 Å². The van der Waals surface area contributed by atoms with Crippen LogP contribution in [-0.4, -0.2) is 34.0 Å². The van der Waals surface area contributed by atoms with E-state index in [1.54, 1.807) is 12.1 Å². The summed E-state index contributed by atoms with van der Waals surface area (Å²) in [5, 5.41) is 9.67. The molecule has 8 nitrogen and oxygen atoms in total. The lowest BCUT2D eigenvalue weighted by Gasteiger charge is -2.11. The molecule has 0 aliphatic rings. The van der Waals surface area contributed by atoms with Crippen molar-refractivity contribution < 1.29 is 22.7 Å². The van der Waals surface area contributed by atoms with Gasteiger partial charge in [0.2, 0.25) is 0 Å². The molecule has 0 fully saturated rings. The van der Waals surface area contributed by atoms with Crippen molar-refractivity contribution in [1.82, 2.24) is 19.7 Å². The van der Waals surface area contributed by atoms with E-state index in [0.717, 1.165) is 21.4 Å². The first-order valence-corrected chi connectivity index (χ1v) is 9.68. The zero-order chi connectivity index (χ0) is 23.5. The molecule has 0 saturated carbocycles. The second kappa shape index (κ2) is 9.35. The summed E-state index contributed by atoms with van der Waals surface area (Å²) >= 11 is 5.92. The molecule has 0 spiro atoms. The molecule has 2 aromatic carbocycles. The Morgan fingerprint density at radius 3 is 2.66 bits per heavy atom. The van der Waals surface area contributed by atoms with E-state index < -0.39 is 23.5 Å². The highest BCUT2D eigenvalue weighted by atomic mass is 35.5. The van der Waals surface area contributed by atoms with Gasteiger partial charge < -0.3 is 15.4 Å². The Kier molecular flexibility index (Phi) is 6.78. The van der Waals surface area contributed by atoms with Crippen LogP contribution in [0.5, 0.6) is 5.75 Å². The van der Waals surface area contributed by atoms with Crippen molar-refractivity contribution in [2.24, 2.45) is 7.05 Å². The van der Waals surface area contributed by atoms with Gasteiger partial charge in [0.25, 0.3) is 0 Å². The monoisotopic (exact) mass is 469 g/mol. The summed E-state index contributed by atoms with van der Waals surface area (Å²) in [6.45, 7) is 0.0411. The van der Waals surface area contributed by atoms with Crippen molar-refractivity contribution in [2.75, 3.05) is 19.0 Å². The van der Waals surface area contributed by atoms with E-state index in [1.165, 1.54) is 32.4 Å². The van der Waals surface area contributed by atoms with Gasteiger partial charge in [0.05, 0.1) is 24.9 Å². The minimum atomic E-state index is -4.51. The number of halogens is 4. The number of rotatable bonds is 6. The minimum Gasteiger partial charge on any atom is -0.495 e. The number of hydrogen-bond donors (Lipinski definition) is 2. The first kappa shape index (κ1) is 23.2. The maximum Gasteiger partial charge on any atom is 0.416 e. The van der Waals surface area contributed by atoms with Crippen LogP contribution in [0, 0.1) is 0 Å². The first-order chi connectivity index (χ1) is 15.1. The van der Waals surface area contributed by atoms with Gasteiger partial charge in [-0.15, -0.1) is 5.10 Å². The molecule has 12 heteroatoms. The molecule has 0 bridgehead atoms. The summed E-state index contributed by atoms with van der Waals surface area (Å²) in [5.41, 5.74) is -0.862. The van der Waals surface area contributed by atoms with Gasteiger partial charge in [-0.2, -0.15) is 13.2 Å². The van der Waals surface area contributed by atoms with Crippen LogP contribution in [0.15, 0.2) is 47.3 Å². The van der Waals surface area contributed by atoms with E-state index in [0.29, 0.717) is 16.5 Å². The van der Waals surface area contributed by atoms with Crippen LogP contribution in [-0.2, 0) is 19.8 Å². The lowest BCUT2D eigenvalue weighted by atomic mass is 10.1. The van der Waals surface area contributed by atoms with E-state index >= 15 is 0 Å². The number of nitrogens with one attached hydrogen (secondary N) is 2. The molecule has 3 aromatic rings. The van der Waals surface area contributed by atoms with Crippen molar-refractivity contribution in [3.63, 3.8) is 0 Å². The van der Waals surface area contributed by atoms with Crippen LogP contribution in [0.2, 0.25) is 5.02 Å². The highest BCUT2D eigenvalue weighted by Crippen LogP contribution is 2.31. The molecule has 0 saturated heterocycles. The van der Waals surface area contributed by atoms with Crippen LogP contribution in [0.3, 0.4) is 0 Å². The molecular weight excluding hydrogens is 451 g/mol. The Morgan fingerprint density at radius 2 is 1.97 bits per heavy atom. The molecule has 0 aliphatic heterocycles. The van der Waals surface area contributed by atoms with Gasteiger partial charge in [-0.25, -0.2) is 14.3 Å². The Balaban J connectivity index is 1.68. The smallest absolute Gasteiger partial charge is 0.416 e. The quantitative estimate of drug-likeness (QED) is 0.575. The summed E-state index contributed by atoms with van der Waals surface area (Å²) in [5.74, 6) is 0.491. The number of carbonyl (C=O) groups excluding carboxylic acids is 1. The number of benzene rings is 2. The van der Waals surface area contributed by atoms with Crippen molar-refractivity contribution in [2.45, 2.75) is 12.7 Å². The molecular formula is C20H19ClF3N5O3. The standard InChI is InChI=1S/C20H19ClF3N5O3/c1-28-17(12-4-3-5-13(10-12)20(22,23)24)27-29(19(28)31)9-8-25-18(30)26-15-11-14(21)6-7-16(15)32-2/h3-7,10-11H,8-9H2,1-2H3,(H2,25,26,30). The summed E-state index contributed by atoms with van der Waals surface area (Å²) in [7, 11) is 2.86. The number of methoxy groups -OCH3 is 1. The molecule has 2 N–H and O–H groups in total. The average molecular weight is 470 g/mol. The second-order valence-corrected chi connectivity index (χ2v) is 7.13. The Morgan fingerprint density at radius 1 is 1.22 bits per heavy atom. The van der Waals surface area contributed by atoms with Crippen molar-refractivity contribution >= 4 is 23.3 Å². The van der Waals surface area contributed by atoms with Gasteiger partial charge in [0.15, 0.2) is 5.82 Å². The normalized spacial score (nSPS) is 11.3. The number of ether oxygens (including phenoxy) is 1. The summed E-state index contributed by atoms with van der Waals surface area (Å²) in [6.07, 6.45) is -4.51. The van der Waals surface area contributed by atoms with E-state index in [-0.39, 0.29) is 24.5 Å². The maximum absolute atomic E-state index is 13.0. The average Bonchev–Trinajstić information content (AvgIpc) is 3.02. The SMILES string of the molecule is COc1ccc(Cl)cc1NC(=O)NCCn1nc(-c2cccc(C(F)(F)F)c2)n(C)c1=O. The van der Waals surface area contributed by atoms with E-state index in [9.17, 15) is 22.8 Å². The van der Waals surface area contributed by atoms with Crippen molar-refractivity contribution in [1.29, 1.82) is 0 Å². The van der Waals surface area contributed by atoms with Gasteiger partial charge in [0, 0.05) is 24.2 Å². The molecule has 1 aromatic heterocycles. The predicted molar refractivity (Wildman–Crippen MR) is 113 cm³/mol. The summed E-state index contributed by atoms with van der Waals surface area (Å²) < 4.78 is 46.3. The highest BCUT2D eigenvalue weighted by molar-refractivity contribution is 6.31. The Labute approximate surface area is 185 Å². The van der Waals surface area contributed by atoms with Crippen LogP contribution in [0.1, 0.15) is 5.56 Å². The third-order valence-corrected chi connectivity index (χ3v) is 4.74. The topological polar surface area (TPSA) is 90.2 Å². The number of anilines is 1. The number of hydrogen-bond acceptors (Lipinski definition) is 4. The minimum absolute atomic E-state index is 0.00569. The molecule has 3 rings (SSSR count). The third kappa shape index (κ3) is 5.22. The number of aromatic nitrogens is 3. The highest BCUT2D eigenvalue weighted by Gasteiger charge is 2.30. The van der Waals surface area contributed by atoms with Crippen LogP contribution in [0.4, 0.5) is 23.7 Å². The van der Waals surface area contributed by atoms with Crippen LogP contribution < -0.4 is 21.1 Å². The van der Waals surface area contributed by atoms with Crippen LogP contribution >= 0.6 is 11.6 Å². The summed E-state index contributed by atoms with van der Waals surface area (Å²) in [6, 6.07) is 8.71. The molecule has 2 amide bonds. The third-order valence-electron chi connectivity index (χ3n) is 4.51. The number of carbonyl (C=O) groups is 1. The number of nitrogens with zero attached hydrogens (tertiary/aromatic N) is 3. The largest absolute Gasteiger partial charge is 0.495 e. The fourth-order valence-electron chi connectivity index (χ4n) is 2.94. The first-order valence-electron chi connectivity index (χ1n) is 9.30. The Bertz CT molecular complexity index is 1190. The predicted octanol–water partition coefficient (Wildman–Crippen LogP) is 3.75. The van der Waals surface area contributed by atoms with Gasteiger partial charge in [-0.3, -0.25) is 4.57 Å². The van der Waals surface area contributed by atoms with Crippen molar-refractivity contribution in [3.05, 3.63) is 63.5 Å². The van der Waals surface area contributed by atoms with Gasteiger partial charge in [0.1, 0.15) is 5.75 Å². The lowest BCUT2D eigenvalue weighted by Crippen LogP contribution is -2.34. The van der Waals surface area contributed by atoms with E-state index in [2.05, 4.69) is 15.7 Å². The zero-order valence-electron chi connectivity index (χ0n) is 17.0. The number of urea groups is 1. The summed E-state index contributed by atoms with van der Waals surface area (Å²) in [4.78, 5) is 24.6. The Hall–Kier alpha value is -3.47. The van der Waals surface area contributed by atoms with E-state index in [4.69, 9.17) is 16.3 Å². The number of alkyl halides is 3. The van der Waals surface area contributed by atoms with Gasteiger partial charge in [-0.05, 0) is 30.3 Å². The molecule has 32 heavy (non-hydrogen) atoms. The molecule has 0 radical (unpaired) electrons. The second-order valence-electron chi connectivity index (χ2n) is 6.69. The maximum atomic E-state index is 13.0. The molecule has 0 atom stereocenters. The van der Waals surface area contributed by atoms with E-state index in [1.807, 2.05) is 0 Å². The molecule has 0 unspecified atom stereocenters. The van der Waals surface area contributed by atoms with Crippen LogP contribution in [0.25, 0.3) is 11.4 Å². The lowest BCUT2D eigenvalue weighted by molar-refractivity contribution is -0.137. The molecule has 1 heterocycles. The fraction of sp³-hybridized carbons (Fsp3) is 0.250. The van der Waals surface area contributed by atoms with Gasteiger partial charge >= 0.3 is 17.9 Å².